The summed E-state index contributed by atoms with van der Waals surface area (Å²) in [4.78, 5) is 7.69. The van der Waals surface area contributed by atoms with E-state index in [0.717, 1.165) is 51.5 Å². The number of aromatic amines is 1. The number of aliphatic imine (C=N–C) groups is 1. The van der Waals surface area contributed by atoms with E-state index in [1.165, 1.54) is 22.0 Å². The third-order valence-corrected chi connectivity index (χ3v) is 4.14. The third-order valence-electron chi connectivity index (χ3n) is 4.14. The Kier molecular flexibility index (Phi) is 10.6. The Bertz CT molecular complexity index is 654. The number of hydrogen-bond acceptors (Lipinski definition) is 2. The number of guanidine groups is 1. The van der Waals surface area contributed by atoms with Gasteiger partial charge in [-0.2, -0.15) is 0 Å². The highest BCUT2D eigenvalue weighted by Crippen LogP contribution is 2.22. The molecule has 140 valence electrons. The molecule has 0 aliphatic heterocycles. The summed E-state index contributed by atoms with van der Waals surface area (Å²) in [5.74, 6) is 0.848. The summed E-state index contributed by atoms with van der Waals surface area (Å²) in [6.07, 6.45) is 5.13. The van der Waals surface area contributed by atoms with Crippen molar-refractivity contribution in [2.24, 2.45) is 4.99 Å². The average molecular weight is 458 g/mol. The number of hydrogen-bond donors (Lipinski definition) is 3. The molecule has 0 spiro atoms. The second kappa shape index (κ2) is 12.1. The lowest BCUT2D eigenvalue weighted by Gasteiger charge is -2.11. The van der Waals surface area contributed by atoms with Gasteiger partial charge >= 0.3 is 0 Å². The van der Waals surface area contributed by atoms with Crippen molar-refractivity contribution >= 4 is 40.8 Å². The van der Waals surface area contributed by atoms with Crippen molar-refractivity contribution in [3.8, 4) is 0 Å². The molecule has 2 aromatic rings. The second-order valence-corrected chi connectivity index (χ2v) is 5.73. The van der Waals surface area contributed by atoms with E-state index >= 15 is 0 Å². The topological polar surface area (TPSA) is 61.4 Å². The lowest BCUT2D eigenvalue weighted by Crippen LogP contribution is -2.39. The molecule has 2 rings (SSSR count). The van der Waals surface area contributed by atoms with E-state index in [1.54, 1.807) is 7.05 Å². The number of aromatic nitrogens is 1. The minimum absolute atomic E-state index is 0. The van der Waals surface area contributed by atoms with Gasteiger partial charge in [0.1, 0.15) is 0 Å². The number of para-hydroxylation sites is 1. The van der Waals surface area contributed by atoms with Crippen LogP contribution < -0.4 is 10.6 Å². The number of rotatable bonds is 9. The molecule has 0 atom stereocenters. The summed E-state index contributed by atoms with van der Waals surface area (Å²) in [5, 5.41) is 8.02. The number of nitrogens with zero attached hydrogens (tertiary/aromatic N) is 1. The lowest BCUT2D eigenvalue weighted by molar-refractivity contribution is 0.145. The number of fused-ring (bicyclic) bond motifs is 1. The van der Waals surface area contributed by atoms with Crippen molar-refractivity contribution in [1.29, 1.82) is 0 Å². The van der Waals surface area contributed by atoms with E-state index in [1.807, 2.05) is 6.92 Å². The van der Waals surface area contributed by atoms with Gasteiger partial charge in [-0.25, -0.2) is 0 Å². The van der Waals surface area contributed by atoms with Crippen LogP contribution in [0, 0.1) is 0 Å². The first kappa shape index (κ1) is 21.8. The summed E-state index contributed by atoms with van der Waals surface area (Å²) in [6.45, 7) is 7.49. The van der Waals surface area contributed by atoms with Crippen molar-refractivity contribution < 1.29 is 4.74 Å². The lowest BCUT2D eigenvalue weighted by atomic mass is 10.1. The highest BCUT2D eigenvalue weighted by molar-refractivity contribution is 14.0. The highest BCUT2D eigenvalue weighted by Gasteiger charge is 2.06. The molecular weight excluding hydrogens is 427 g/mol. The predicted molar refractivity (Wildman–Crippen MR) is 117 cm³/mol. The zero-order valence-electron chi connectivity index (χ0n) is 15.5. The van der Waals surface area contributed by atoms with Crippen LogP contribution in [0.4, 0.5) is 0 Å². The van der Waals surface area contributed by atoms with Gasteiger partial charge in [0.05, 0.1) is 0 Å². The Morgan fingerprint density at radius 1 is 1.16 bits per heavy atom. The molecule has 0 saturated carbocycles. The molecule has 1 aromatic heterocycles. The normalized spacial score (nSPS) is 11.4. The van der Waals surface area contributed by atoms with Crippen LogP contribution in [-0.2, 0) is 17.6 Å². The molecule has 3 N–H and O–H groups in total. The Hall–Kier alpha value is -1.28. The molecule has 0 fully saturated rings. The van der Waals surface area contributed by atoms with E-state index < -0.39 is 0 Å². The average Bonchev–Trinajstić information content (AvgIpc) is 3.03. The maximum Gasteiger partial charge on any atom is 0.190 e. The minimum Gasteiger partial charge on any atom is -0.382 e. The third kappa shape index (κ3) is 6.51. The molecule has 0 unspecified atom stereocenters. The van der Waals surface area contributed by atoms with Gasteiger partial charge in [0.15, 0.2) is 5.96 Å². The van der Waals surface area contributed by atoms with Gasteiger partial charge in [0.2, 0.25) is 0 Å². The van der Waals surface area contributed by atoms with Crippen molar-refractivity contribution in [3.63, 3.8) is 0 Å². The van der Waals surface area contributed by atoms with Crippen LogP contribution in [0.25, 0.3) is 10.9 Å². The fourth-order valence-corrected chi connectivity index (χ4v) is 2.84. The van der Waals surface area contributed by atoms with Gasteiger partial charge < -0.3 is 20.4 Å². The molecule has 25 heavy (non-hydrogen) atoms. The zero-order valence-corrected chi connectivity index (χ0v) is 17.9. The number of nitrogens with one attached hydrogen (secondary N) is 3. The Morgan fingerprint density at radius 2 is 1.96 bits per heavy atom. The first-order valence-electron chi connectivity index (χ1n) is 8.90. The van der Waals surface area contributed by atoms with E-state index in [4.69, 9.17) is 4.74 Å². The van der Waals surface area contributed by atoms with Crippen molar-refractivity contribution in [2.75, 3.05) is 33.4 Å². The molecule has 1 aromatic carbocycles. The summed E-state index contributed by atoms with van der Waals surface area (Å²) in [6, 6.07) is 6.53. The van der Waals surface area contributed by atoms with Gasteiger partial charge in [0.25, 0.3) is 0 Å². The van der Waals surface area contributed by atoms with Gasteiger partial charge in [0, 0.05) is 50.5 Å². The number of aryl methyl sites for hydroxylation is 1. The Balaban J connectivity index is 0.00000312. The number of benzene rings is 1. The molecule has 0 radical (unpaired) electrons. The SMILES string of the molecule is CCOCCCNC(=NC)NCCc1c[nH]c2c(CC)cccc12.I. The van der Waals surface area contributed by atoms with Gasteiger partial charge in [-0.15, -0.1) is 24.0 Å². The quantitative estimate of drug-likeness (QED) is 0.233. The van der Waals surface area contributed by atoms with Crippen LogP contribution in [0.1, 0.15) is 31.4 Å². The van der Waals surface area contributed by atoms with Crippen molar-refractivity contribution in [2.45, 2.75) is 33.1 Å². The zero-order chi connectivity index (χ0) is 17.2. The monoisotopic (exact) mass is 458 g/mol. The van der Waals surface area contributed by atoms with E-state index in [9.17, 15) is 0 Å². The molecule has 6 heteroatoms. The fraction of sp³-hybridized carbons (Fsp3) is 0.526. The second-order valence-electron chi connectivity index (χ2n) is 5.73. The molecule has 5 nitrogen and oxygen atoms in total. The summed E-state index contributed by atoms with van der Waals surface area (Å²) in [7, 11) is 1.80. The van der Waals surface area contributed by atoms with Crippen LogP contribution in [-0.4, -0.2) is 44.3 Å². The van der Waals surface area contributed by atoms with Crippen LogP contribution in [0.3, 0.4) is 0 Å². The minimum atomic E-state index is 0. The molecule has 1 heterocycles. The molecular formula is C19H31IN4O. The standard InChI is InChI=1S/C19H30N4O.HI/c1-4-15-8-6-9-17-16(14-23-18(15)17)10-12-22-19(20-3)21-11-7-13-24-5-2;/h6,8-9,14,23H,4-5,7,10-13H2,1-3H3,(H2,20,21,22);1H. The van der Waals surface area contributed by atoms with Crippen LogP contribution in [0.2, 0.25) is 0 Å². The maximum atomic E-state index is 5.34. The summed E-state index contributed by atoms with van der Waals surface area (Å²) in [5.41, 5.74) is 3.99. The van der Waals surface area contributed by atoms with E-state index in [0.29, 0.717) is 0 Å². The predicted octanol–water partition coefficient (Wildman–Crippen LogP) is 3.48. The summed E-state index contributed by atoms with van der Waals surface area (Å²) >= 11 is 0. The first-order valence-corrected chi connectivity index (χ1v) is 8.90. The van der Waals surface area contributed by atoms with Crippen molar-refractivity contribution in [3.05, 3.63) is 35.5 Å². The molecule has 0 aliphatic rings. The van der Waals surface area contributed by atoms with E-state index in [2.05, 4.69) is 51.9 Å². The smallest absolute Gasteiger partial charge is 0.190 e. The Morgan fingerprint density at radius 3 is 2.68 bits per heavy atom. The molecule has 0 aliphatic carbocycles. The molecule has 0 bridgehead atoms. The maximum absolute atomic E-state index is 5.34. The van der Waals surface area contributed by atoms with Gasteiger partial charge in [-0.1, -0.05) is 25.1 Å². The van der Waals surface area contributed by atoms with Crippen LogP contribution >= 0.6 is 24.0 Å². The molecule has 0 saturated heterocycles. The number of halogens is 1. The van der Waals surface area contributed by atoms with Crippen LogP contribution in [0.15, 0.2) is 29.4 Å². The first-order chi connectivity index (χ1) is 11.8. The Labute approximate surface area is 168 Å². The van der Waals surface area contributed by atoms with Gasteiger partial charge in [-0.05, 0) is 37.3 Å². The van der Waals surface area contributed by atoms with Gasteiger partial charge in [-0.3, -0.25) is 4.99 Å². The van der Waals surface area contributed by atoms with E-state index in [-0.39, 0.29) is 24.0 Å². The largest absolute Gasteiger partial charge is 0.382 e. The number of ether oxygens (including phenoxy) is 1. The highest BCUT2D eigenvalue weighted by atomic mass is 127. The van der Waals surface area contributed by atoms with Crippen molar-refractivity contribution in [1.82, 2.24) is 15.6 Å². The summed E-state index contributed by atoms with van der Waals surface area (Å²) < 4.78 is 5.34. The fourth-order valence-electron chi connectivity index (χ4n) is 2.84. The van der Waals surface area contributed by atoms with Crippen LogP contribution in [0.5, 0.6) is 0 Å². The number of H-pyrrole nitrogens is 1. The molecule has 0 amide bonds.